The van der Waals surface area contributed by atoms with E-state index in [9.17, 15) is 4.39 Å². The van der Waals surface area contributed by atoms with Gasteiger partial charge in [0.15, 0.2) is 17.5 Å². The molecule has 1 aromatic carbocycles. The molecule has 0 saturated heterocycles. The second-order valence-corrected chi connectivity index (χ2v) is 6.52. The Kier molecular flexibility index (Phi) is 6.99. The van der Waals surface area contributed by atoms with E-state index < -0.39 is 0 Å². The smallest absolute Gasteiger partial charge is 0.191 e. The Hall–Kier alpha value is -2.15. The first-order chi connectivity index (χ1) is 11.6. The van der Waals surface area contributed by atoms with Gasteiger partial charge in [0.05, 0.1) is 18.7 Å². The molecule has 1 aromatic heterocycles. The molecule has 0 unspecified atom stereocenters. The van der Waals surface area contributed by atoms with Gasteiger partial charge in [-0.1, -0.05) is 6.07 Å². The van der Waals surface area contributed by atoms with E-state index in [-0.39, 0.29) is 11.6 Å². The van der Waals surface area contributed by atoms with E-state index in [1.165, 1.54) is 18.1 Å². The minimum absolute atomic E-state index is 0.242. The summed E-state index contributed by atoms with van der Waals surface area (Å²) in [5.74, 6) is 0.579. The number of hydrogen-bond acceptors (Lipinski definition) is 4. The predicted molar refractivity (Wildman–Crippen MR) is 96.3 cm³/mol. The first-order valence-corrected chi connectivity index (χ1v) is 8.70. The maximum absolute atomic E-state index is 13.7. The van der Waals surface area contributed by atoms with Crippen molar-refractivity contribution in [1.82, 2.24) is 15.6 Å². The van der Waals surface area contributed by atoms with Gasteiger partial charge in [0.25, 0.3) is 0 Å². The molecule has 0 bridgehead atoms. The van der Waals surface area contributed by atoms with Crippen LogP contribution in [0, 0.1) is 12.7 Å². The molecule has 0 aliphatic heterocycles. The van der Waals surface area contributed by atoms with Gasteiger partial charge in [-0.05, 0) is 31.5 Å². The number of aryl methyl sites for hydroxylation is 1. The van der Waals surface area contributed by atoms with Crippen molar-refractivity contribution in [3.63, 3.8) is 0 Å². The molecule has 24 heavy (non-hydrogen) atoms. The summed E-state index contributed by atoms with van der Waals surface area (Å²) in [5, 5.41) is 7.56. The van der Waals surface area contributed by atoms with E-state index in [1.54, 1.807) is 17.4 Å². The normalized spacial score (nSPS) is 11.4. The summed E-state index contributed by atoms with van der Waals surface area (Å²) in [6.07, 6.45) is 2.73. The summed E-state index contributed by atoms with van der Waals surface area (Å²) < 4.78 is 18.6. The summed E-state index contributed by atoms with van der Waals surface area (Å²) in [5.41, 5.74) is 0.793. The number of guanidine groups is 1. The summed E-state index contributed by atoms with van der Waals surface area (Å²) >= 11 is 1.70. The van der Waals surface area contributed by atoms with E-state index in [2.05, 4.69) is 20.6 Å². The Bertz CT molecular complexity index is 687. The highest BCUT2D eigenvalue weighted by Crippen LogP contribution is 2.18. The number of methoxy groups -OCH3 is 1. The van der Waals surface area contributed by atoms with Crippen LogP contribution in [0.3, 0.4) is 0 Å². The molecule has 5 nitrogen and oxygen atoms in total. The number of nitrogens with zero attached hydrogens (tertiary/aromatic N) is 2. The molecular formula is C17H23FN4OS. The van der Waals surface area contributed by atoms with Crippen LogP contribution in [0.1, 0.15) is 22.4 Å². The van der Waals surface area contributed by atoms with Gasteiger partial charge in [-0.3, -0.25) is 0 Å². The molecule has 2 rings (SSSR count). The van der Waals surface area contributed by atoms with Gasteiger partial charge < -0.3 is 15.4 Å². The number of hydrogen-bond donors (Lipinski definition) is 2. The fraction of sp³-hybridized carbons (Fsp3) is 0.412. The van der Waals surface area contributed by atoms with Gasteiger partial charge in [0.1, 0.15) is 0 Å². The third-order valence-electron chi connectivity index (χ3n) is 3.28. The second kappa shape index (κ2) is 9.22. The highest BCUT2D eigenvalue weighted by atomic mass is 32.1. The molecule has 0 aliphatic rings. The zero-order valence-corrected chi connectivity index (χ0v) is 15.0. The highest BCUT2D eigenvalue weighted by Gasteiger charge is 2.04. The lowest BCUT2D eigenvalue weighted by Gasteiger charge is -2.11. The van der Waals surface area contributed by atoms with Crippen LogP contribution < -0.4 is 15.4 Å². The average Bonchev–Trinajstić information content (AvgIpc) is 2.98. The van der Waals surface area contributed by atoms with Crippen LogP contribution in [-0.4, -0.2) is 31.1 Å². The lowest BCUT2D eigenvalue weighted by molar-refractivity contribution is 0.386. The Morgan fingerprint density at radius 3 is 2.83 bits per heavy atom. The largest absolute Gasteiger partial charge is 0.494 e. The molecule has 1 heterocycles. The van der Waals surface area contributed by atoms with Crippen molar-refractivity contribution in [3.05, 3.63) is 45.7 Å². The molecule has 0 atom stereocenters. The third-order valence-corrected chi connectivity index (χ3v) is 4.25. The molecule has 0 saturated carbocycles. The van der Waals surface area contributed by atoms with E-state index in [4.69, 9.17) is 4.74 Å². The number of aliphatic imine (C=N–C) groups is 1. The Morgan fingerprint density at radius 2 is 2.21 bits per heavy atom. The number of halogens is 1. The van der Waals surface area contributed by atoms with Gasteiger partial charge in [-0.2, -0.15) is 0 Å². The van der Waals surface area contributed by atoms with Crippen LogP contribution in [0.15, 0.2) is 29.4 Å². The number of benzene rings is 1. The third kappa shape index (κ3) is 5.49. The number of thiazole rings is 1. The van der Waals surface area contributed by atoms with Crippen molar-refractivity contribution in [2.75, 3.05) is 20.2 Å². The van der Waals surface area contributed by atoms with E-state index in [0.29, 0.717) is 12.5 Å². The van der Waals surface area contributed by atoms with Crippen LogP contribution in [0.5, 0.6) is 5.75 Å². The lowest BCUT2D eigenvalue weighted by atomic mass is 10.2. The highest BCUT2D eigenvalue weighted by molar-refractivity contribution is 7.11. The summed E-state index contributed by atoms with van der Waals surface area (Å²) in [6, 6.07) is 4.88. The predicted octanol–water partition coefficient (Wildman–Crippen LogP) is 2.90. The van der Waals surface area contributed by atoms with Crippen LogP contribution in [-0.2, 0) is 13.0 Å². The second-order valence-electron chi connectivity index (χ2n) is 5.21. The first-order valence-electron chi connectivity index (χ1n) is 7.88. The lowest BCUT2D eigenvalue weighted by Crippen LogP contribution is -2.38. The minimum atomic E-state index is -0.373. The van der Waals surface area contributed by atoms with E-state index in [1.807, 2.05) is 26.1 Å². The Balaban J connectivity index is 1.91. The van der Waals surface area contributed by atoms with Crippen molar-refractivity contribution < 1.29 is 9.13 Å². The molecule has 0 fully saturated rings. The van der Waals surface area contributed by atoms with E-state index >= 15 is 0 Å². The van der Waals surface area contributed by atoms with Gasteiger partial charge in [0.2, 0.25) is 0 Å². The molecule has 0 aliphatic carbocycles. The van der Waals surface area contributed by atoms with Crippen molar-refractivity contribution >= 4 is 17.3 Å². The van der Waals surface area contributed by atoms with Crippen LogP contribution in [0.25, 0.3) is 0 Å². The number of aromatic nitrogens is 1. The molecular weight excluding hydrogens is 327 g/mol. The van der Waals surface area contributed by atoms with Crippen molar-refractivity contribution in [2.24, 2.45) is 4.99 Å². The topological polar surface area (TPSA) is 58.5 Å². The zero-order chi connectivity index (χ0) is 17.4. The summed E-state index contributed by atoms with van der Waals surface area (Å²) in [4.78, 5) is 10.0. The van der Waals surface area contributed by atoms with Gasteiger partial charge in [-0.25, -0.2) is 14.4 Å². The maximum atomic E-state index is 13.7. The van der Waals surface area contributed by atoms with Crippen molar-refractivity contribution in [1.29, 1.82) is 0 Å². The van der Waals surface area contributed by atoms with Gasteiger partial charge >= 0.3 is 0 Å². The van der Waals surface area contributed by atoms with Crippen LogP contribution >= 0.6 is 11.3 Å². The molecule has 0 amide bonds. The van der Waals surface area contributed by atoms with Gasteiger partial charge in [-0.15, -0.1) is 11.3 Å². The van der Waals surface area contributed by atoms with Crippen molar-refractivity contribution in [2.45, 2.75) is 26.8 Å². The fourth-order valence-electron chi connectivity index (χ4n) is 2.13. The molecule has 0 radical (unpaired) electrons. The van der Waals surface area contributed by atoms with E-state index in [0.717, 1.165) is 30.1 Å². The summed E-state index contributed by atoms with van der Waals surface area (Å²) in [7, 11) is 1.45. The molecule has 2 aromatic rings. The fourth-order valence-corrected chi connectivity index (χ4v) is 2.91. The number of nitrogens with one attached hydrogen (secondary N) is 2. The first kappa shape index (κ1) is 18.2. The SMILES string of the molecule is CCNC(=NCc1ccc(OC)c(F)c1)NCCc1ncc(C)s1. The maximum Gasteiger partial charge on any atom is 0.191 e. The molecule has 0 spiro atoms. The molecule has 7 heteroatoms. The molecule has 2 N–H and O–H groups in total. The monoisotopic (exact) mass is 350 g/mol. The Labute approximate surface area is 146 Å². The number of ether oxygens (including phenoxy) is 1. The zero-order valence-electron chi connectivity index (χ0n) is 14.2. The quantitative estimate of drug-likeness (QED) is 0.595. The average molecular weight is 350 g/mol. The Morgan fingerprint density at radius 1 is 1.38 bits per heavy atom. The minimum Gasteiger partial charge on any atom is -0.494 e. The van der Waals surface area contributed by atoms with Crippen molar-refractivity contribution in [3.8, 4) is 5.75 Å². The van der Waals surface area contributed by atoms with Gasteiger partial charge in [0, 0.05) is 30.6 Å². The number of rotatable bonds is 7. The summed E-state index contributed by atoms with van der Waals surface area (Å²) in [6.45, 7) is 5.96. The molecule has 130 valence electrons. The van der Waals surface area contributed by atoms with Crippen LogP contribution in [0.2, 0.25) is 0 Å². The van der Waals surface area contributed by atoms with Crippen LogP contribution in [0.4, 0.5) is 4.39 Å². The standard InChI is InChI=1S/C17H23FN4OS/c1-4-19-17(20-8-7-16-21-10-12(2)24-16)22-11-13-5-6-15(23-3)14(18)9-13/h5-6,9-10H,4,7-8,11H2,1-3H3,(H2,19,20,22).